The van der Waals surface area contributed by atoms with Gasteiger partial charge in [0.25, 0.3) is 0 Å². The van der Waals surface area contributed by atoms with Gasteiger partial charge in [0.05, 0.1) is 10.4 Å². The van der Waals surface area contributed by atoms with E-state index < -0.39 is 9.84 Å². The molecule has 2 unspecified atom stereocenters. The fraction of sp³-hybridized carbons (Fsp3) is 0.500. The number of benzene rings is 1. The third-order valence-corrected chi connectivity index (χ3v) is 5.33. The Kier molecular flexibility index (Phi) is 3.30. The molecule has 6 heteroatoms. The number of H-pyrrole nitrogens is 1. The quantitative estimate of drug-likeness (QED) is 0.903. The Morgan fingerprint density at radius 3 is 2.90 bits per heavy atom. The Bertz CT molecular complexity index is 736. The molecule has 0 bridgehead atoms. The molecule has 5 nitrogen and oxygen atoms in total. The largest absolute Gasteiger partial charge is 0.342 e. The molecular weight excluding hydrogens is 274 g/mol. The summed E-state index contributed by atoms with van der Waals surface area (Å²) in [6, 6.07) is 5.22. The van der Waals surface area contributed by atoms with Crippen LogP contribution in [0.3, 0.4) is 0 Å². The lowest BCUT2D eigenvalue weighted by Gasteiger charge is -2.14. The standard InChI is InChI=1S/C14H19N3O2S/c1-20(18,19)12-7-3-6-11-13(12)17-14(16-11)10-5-2-4-9(10)8-15/h3,6-7,9-10H,2,4-5,8,15H2,1H3,(H,16,17). The van der Waals surface area contributed by atoms with Gasteiger partial charge in [-0.25, -0.2) is 13.4 Å². The number of aromatic amines is 1. The molecule has 1 heterocycles. The van der Waals surface area contributed by atoms with Gasteiger partial charge in [0.2, 0.25) is 0 Å². The Morgan fingerprint density at radius 2 is 2.20 bits per heavy atom. The van der Waals surface area contributed by atoms with Gasteiger partial charge in [0.15, 0.2) is 9.84 Å². The van der Waals surface area contributed by atoms with Crippen molar-refractivity contribution in [2.75, 3.05) is 12.8 Å². The highest BCUT2D eigenvalue weighted by Crippen LogP contribution is 2.38. The third-order valence-electron chi connectivity index (χ3n) is 4.21. The van der Waals surface area contributed by atoms with Crippen LogP contribution in [0.25, 0.3) is 11.0 Å². The summed E-state index contributed by atoms with van der Waals surface area (Å²) in [5.74, 6) is 1.64. The number of fused-ring (bicyclic) bond motifs is 1. The molecule has 2 aromatic rings. The Balaban J connectivity index is 2.12. The number of nitrogens with two attached hydrogens (primary N) is 1. The van der Waals surface area contributed by atoms with E-state index in [0.29, 0.717) is 28.8 Å². The molecule has 1 fully saturated rings. The van der Waals surface area contributed by atoms with E-state index in [2.05, 4.69) is 9.97 Å². The molecule has 108 valence electrons. The fourth-order valence-electron chi connectivity index (χ4n) is 3.18. The van der Waals surface area contributed by atoms with E-state index in [0.717, 1.165) is 30.6 Å². The smallest absolute Gasteiger partial charge is 0.177 e. The van der Waals surface area contributed by atoms with E-state index in [9.17, 15) is 8.42 Å². The van der Waals surface area contributed by atoms with Crippen LogP contribution in [-0.4, -0.2) is 31.2 Å². The maximum absolute atomic E-state index is 11.8. The molecule has 20 heavy (non-hydrogen) atoms. The van der Waals surface area contributed by atoms with Crippen LogP contribution in [0.15, 0.2) is 23.1 Å². The molecule has 0 aliphatic heterocycles. The highest BCUT2D eigenvalue weighted by atomic mass is 32.2. The van der Waals surface area contributed by atoms with Crippen LogP contribution in [0.5, 0.6) is 0 Å². The van der Waals surface area contributed by atoms with Crippen molar-refractivity contribution in [3.05, 3.63) is 24.0 Å². The predicted molar refractivity (Wildman–Crippen MR) is 78.3 cm³/mol. The zero-order chi connectivity index (χ0) is 14.3. The number of hydrogen-bond donors (Lipinski definition) is 2. The highest BCUT2D eigenvalue weighted by molar-refractivity contribution is 7.91. The first-order valence-corrected chi connectivity index (χ1v) is 8.78. The predicted octanol–water partition coefficient (Wildman–Crippen LogP) is 1.81. The van der Waals surface area contributed by atoms with Crippen LogP contribution in [0.4, 0.5) is 0 Å². The first-order valence-electron chi connectivity index (χ1n) is 6.89. The molecule has 1 aromatic heterocycles. The van der Waals surface area contributed by atoms with E-state index in [1.54, 1.807) is 12.1 Å². The second kappa shape index (κ2) is 4.86. The molecule has 0 amide bonds. The number of para-hydroxylation sites is 1. The van der Waals surface area contributed by atoms with E-state index in [1.165, 1.54) is 6.26 Å². The normalized spacial score (nSPS) is 23.5. The third kappa shape index (κ3) is 2.23. The first kappa shape index (κ1) is 13.6. The van der Waals surface area contributed by atoms with Crippen molar-refractivity contribution in [3.8, 4) is 0 Å². The molecule has 0 spiro atoms. The molecule has 1 aliphatic rings. The summed E-state index contributed by atoms with van der Waals surface area (Å²) in [6.45, 7) is 0.653. The van der Waals surface area contributed by atoms with E-state index in [4.69, 9.17) is 5.73 Å². The molecule has 1 aromatic carbocycles. The molecular formula is C14H19N3O2S. The zero-order valence-corrected chi connectivity index (χ0v) is 12.3. The summed E-state index contributed by atoms with van der Waals surface area (Å²) in [6.07, 6.45) is 4.56. The van der Waals surface area contributed by atoms with Gasteiger partial charge in [-0.3, -0.25) is 0 Å². The molecule has 1 saturated carbocycles. The van der Waals surface area contributed by atoms with Crippen molar-refractivity contribution in [1.82, 2.24) is 9.97 Å². The molecule has 0 radical (unpaired) electrons. The maximum Gasteiger partial charge on any atom is 0.177 e. The molecule has 2 atom stereocenters. The van der Waals surface area contributed by atoms with Crippen LogP contribution in [0.1, 0.15) is 31.0 Å². The second-order valence-electron chi connectivity index (χ2n) is 5.58. The number of rotatable bonds is 3. The van der Waals surface area contributed by atoms with Gasteiger partial charge in [-0.15, -0.1) is 0 Å². The van der Waals surface area contributed by atoms with Crippen molar-refractivity contribution in [1.29, 1.82) is 0 Å². The SMILES string of the molecule is CS(=O)(=O)c1cccc2[nH]c(C3CCCC3CN)nc12. The van der Waals surface area contributed by atoms with E-state index in [-0.39, 0.29) is 0 Å². The van der Waals surface area contributed by atoms with Crippen molar-refractivity contribution >= 4 is 20.9 Å². The Labute approximate surface area is 118 Å². The van der Waals surface area contributed by atoms with Gasteiger partial charge < -0.3 is 10.7 Å². The average Bonchev–Trinajstić information content (AvgIpc) is 3.02. The summed E-state index contributed by atoms with van der Waals surface area (Å²) in [5.41, 5.74) is 7.15. The van der Waals surface area contributed by atoms with Gasteiger partial charge in [0.1, 0.15) is 11.3 Å². The number of aromatic nitrogens is 2. The lowest BCUT2D eigenvalue weighted by Crippen LogP contribution is -2.17. The minimum Gasteiger partial charge on any atom is -0.342 e. The summed E-state index contributed by atoms with van der Waals surface area (Å²) in [4.78, 5) is 8.14. The number of nitrogens with one attached hydrogen (secondary N) is 1. The monoisotopic (exact) mass is 293 g/mol. The Hall–Kier alpha value is -1.40. The fourth-order valence-corrected chi connectivity index (χ4v) is 4.01. The average molecular weight is 293 g/mol. The van der Waals surface area contributed by atoms with Gasteiger partial charge >= 0.3 is 0 Å². The first-order chi connectivity index (χ1) is 9.50. The van der Waals surface area contributed by atoms with Gasteiger partial charge in [-0.1, -0.05) is 12.5 Å². The zero-order valence-electron chi connectivity index (χ0n) is 11.5. The van der Waals surface area contributed by atoms with Crippen molar-refractivity contribution in [2.24, 2.45) is 11.7 Å². The number of nitrogens with zero attached hydrogens (tertiary/aromatic N) is 1. The van der Waals surface area contributed by atoms with Crippen LogP contribution >= 0.6 is 0 Å². The second-order valence-corrected chi connectivity index (χ2v) is 7.56. The summed E-state index contributed by atoms with van der Waals surface area (Å²) < 4.78 is 23.6. The number of imidazole rings is 1. The lowest BCUT2D eigenvalue weighted by molar-refractivity contribution is 0.481. The van der Waals surface area contributed by atoms with E-state index >= 15 is 0 Å². The van der Waals surface area contributed by atoms with E-state index in [1.807, 2.05) is 6.07 Å². The molecule has 0 saturated heterocycles. The number of hydrogen-bond acceptors (Lipinski definition) is 4. The van der Waals surface area contributed by atoms with Crippen molar-refractivity contribution in [3.63, 3.8) is 0 Å². The molecule has 3 rings (SSSR count). The van der Waals surface area contributed by atoms with Gasteiger partial charge in [-0.2, -0.15) is 0 Å². The van der Waals surface area contributed by atoms with Crippen LogP contribution < -0.4 is 5.73 Å². The topological polar surface area (TPSA) is 88.8 Å². The maximum atomic E-state index is 11.8. The van der Waals surface area contributed by atoms with Crippen LogP contribution in [0, 0.1) is 5.92 Å². The lowest BCUT2D eigenvalue weighted by atomic mass is 9.96. The summed E-state index contributed by atoms with van der Waals surface area (Å²) in [7, 11) is -3.27. The molecule has 3 N–H and O–H groups in total. The summed E-state index contributed by atoms with van der Waals surface area (Å²) in [5, 5.41) is 0. The van der Waals surface area contributed by atoms with Gasteiger partial charge in [-0.05, 0) is 37.4 Å². The highest BCUT2D eigenvalue weighted by Gasteiger charge is 2.30. The number of sulfone groups is 1. The van der Waals surface area contributed by atoms with Crippen molar-refractivity contribution in [2.45, 2.75) is 30.1 Å². The van der Waals surface area contributed by atoms with Crippen LogP contribution in [-0.2, 0) is 9.84 Å². The van der Waals surface area contributed by atoms with Crippen molar-refractivity contribution < 1.29 is 8.42 Å². The minimum atomic E-state index is -3.27. The molecule has 1 aliphatic carbocycles. The van der Waals surface area contributed by atoms with Gasteiger partial charge in [0, 0.05) is 12.2 Å². The van der Waals surface area contributed by atoms with Crippen LogP contribution in [0.2, 0.25) is 0 Å². The summed E-state index contributed by atoms with van der Waals surface area (Å²) >= 11 is 0. The minimum absolute atomic E-state index is 0.291. The Morgan fingerprint density at radius 1 is 1.40 bits per heavy atom.